The van der Waals surface area contributed by atoms with Crippen LogP contribution < -0.4 is 41.3 Å². The third-order valence-electron chi connectivity index (χ3n) is 13.3. The number of carbonyl (C=O) groups excluding carboxylic acids is 3. The quantitative estimate of drug-likeness (QED) is 0.0293. The summed E-state index contributed by atoms with van der Waals surface area (Å²) in [6, 6.07) is 17.0. The molecule has 3 amide bonds. The Morgan fingerprint density at radius 3 is 2.26 bits per heavy atom. The molecule has 322 valence electrons. The standard InChI is InChI=1S/C50H55N4O7P/c55-42(15-3-1-2-4-16-43(56)53-60)52-35-20-17-31(18-21-35)30-51-49(57)34-19-22-36(50(58)59)39(29-34)44-40-27-32-11-5-7-23-54-24-9-13-37(45(32)54)46(40)61-47-38-14-10-26-62-25-8-6-12-33(48(38)62)28-41(44)47/h17-22,27-29H,1-16,23-26,30H2,(H4-,51,52,53,55,56,57,58,59,60)/p+1. The molecule has 4 aromatic carbocycles. The molecule has 0 spiro atoms. The van der Waals surface area contributed by atoms with E-state index in [-0.39, 0.29) is 38.3 Å². The first-order chi connectivity index (χ1) is 30.3. The van der Waals surface area contributed by atoms with Gasteiger partial charge >= 0.3 is 5.97 Å². The van der Waals surface area contributed by atoms with Crippen molar-refractivity contribution >= 4 is 48.2 Å². The minimum Gasteiger partial charge on any atom is -0.478 e. The normalized spacial score (nSPS) is 17.2. The van der Waals surface area contributed by atoms with E-state index >= 15 is 0 Å². The average Bonchev–Trinajstić information content (AvgIpc) is 3.63. The molecule has 11 nitrogen and oxygen atoms in total. The first kappa shape index (κ1) is 41.9. The van der Waals surface area contributed by atoms with Gasteiger partial charge in [-0.2, -0.15) is 0 Å². The van der Waals surface area contributed by atoms with E-state index in [0.29, 0.717) is 36.1 Å². The number of unbranched alkanes of at least 4 members (excludes halogenated alkanes) is 3. The van der Waals surface area contributed by atoms with Crippen molar-refractivity contribution in [3.05, 3.63) is 115 Å². The second-order valence-electron chi connectivity index (χ2n) is 17.5. The molecule has 5 aliphatic rings. The summed E-state index contributed by atoms with van der Waals surface area (Å²) in [4.78, 5) is 50.9. The maximum Gasteiger partial charge on any atom is 0.336 e. The number of carbonyl (C=O) groups is 4. The monoisotopic (exact) mass is 855 g/mol. The van der Waals surface area contributed by atoms with E-state index in [1.807, 2.05) is 24.3 Å². The molecule has 12 heteroatoms. The third-order valence-corrected chi connectivity index (χ3v) is 16.2. The van der Waals surface area contributed by atoms with Crippen LogP contribution in [0.1, 0.15) is 137 Å². The number of hydrogen-bond acceptors (Lipinski definition) is 6. The van der Waals surface area contributed by atoms with Crippen molar-refractivity contribution in [3.8, 4) is 11.5 Å². The first-order valence-corrected chi connectivity index (χ1v) is 24.4. The van der Waals surface area contributed by atoms with E-state index < -0.39 is 11.9 Å². The smallest absolute Gasteiger partial charge is 0.336 e. The zero-order valence-electron chi connectivity index (χ0n) is 35.4. The zero-order valence-corrected chi connectivity index (χ0v) is 36.3. The molecule has 1 unspecified atom stereocenters. The van der Waals surface area contributed by atoms with Gasteiger partial charge in [-0.1, -0.05) is 32.9 Å². The van der Waals surface area contributed by atoms with Crippen molar-refractivity contribution < 1.29 is 34.2 Å². The number of aromatic carboxylic acids is 1. The van der Waals surface area contributed by atoms with Gasteiger partial charge in [0, 0.05) is 71.0 Å². The number of fused-ring (bicyclic) bond motifs is 4. The van der Waals surface area contributed by atoms with Crippen molar-refractivity contribution in [1.29, 1.82) is 0 Å². The van der Waals surface area contributed by atoms with Crippen molar-refractivity contribution in [2.24, 2.45) is 0 Å². The van der Waals surface area contributed by atoms with Crippen molar-refractivity contribution in [2.45, 2.75) is 109 Å². The van der Waals surface area contributed by atoms with Gasteiger partial charge in [-0.05, 0) is 141 Å². The SMILES string of the molecule is O=C(CCCCCCC(=O)Nc1ccc(CNC(=O)c2ccc(C(=O)O)c(C3=c4cc5c6c(c4Oc4c3cc3c7c4CCCP7CCCC3)CCC[N+]=6CCCC5)c2)cc1)NO. The van der Waals surface area contributed by atoms with Gasteiger partial charge in [0.2, 0.25) is 17.2 Å². The van der Waals surface area contributed by atoms with Crippen LogP contribution in [-0.4, -0.2) is 59.4 Å². The van der Waals surface area contributed by atoms with Crippen LogP contribution in [0.4, 0.5) is 5.69 Å². The molecule has 9 rings (SSSR count). The van der Waals surface area contributed by atoms with E-state index in [1.54, 1.807) is 23.7 Å². The van der Waals surface area contributed by atoms with Crippen molar-refractivity contribution in [2.75, 3.05) is 30.7 Å². The Hall–Kier alpha value is -5.38. The van der Waals surface area contributed by atoms with Crippen LogP contribution in [0.15, 0.2) is 54.6 Å². The number of nitrogens with zero attached hydrogens (tertiary/aromatic N) is 1. The summed E-state index contributed by atoms with van der Waals surface area (Å²) in [6.07, 6.45) is 16.7. The van der Waals surface area contributed by atoms with Crippen molar-refractivity contribution in [1.82, 2.24) is 15.4 Å². The number of benzene rings is 4. The maximum absolute atomic E-state index is 14.0. The number of ether oxygens (including phenoxy) is 1. The minimum atomic E-state index is -1.03. The summed E-state index contributed by atoms with van der Waals surface area (Å²) >= 11 is 0. The number of rotatable bonds is 13. The lowest BCUT2D eigenvalue weighted by atomic mass is 9.84. The highest BCUT2D eigenvalue weighted by Gasteiger charge is 2.36. The topological polar surface area (TPSA) is 157 Å². The van der Waals surface area contributed by atoms with Crippen molar-refractivity contribution in [3.63, 3.8) is 0 Å². The van der Waals surface area contributed by atoms with Gasteiger partial charge < -0.3 is 20.5 Å². The summed E-state index contributed by atoms with van der Waals surface area (Å²) < 4.78 is 9.83. The fourth-order valence-electron chi connectivity index (χ4n) is 10.4. The number of hydrogen-bond donors (Lipinski definition) is 5. The van der Waals surface area contributed by atoms with Crippen LogP contribution in [0.3, 0.4) is 0 Å². The lowest BCUT2D eigenvalue weighted by molar-refractivity contribution is -0.129. The van der Waals surface area contributed by atoms with Gasteiger partial charge in [0.1, 0.15) is 24.6 Å². The lowest BCUT2D eigenvalue weighted by Gasteiger charge is -2.33. The van der Waals surface area contributed by atoms with E-state index in [0.717, 1.165) is 117 Å². The molecule has 0 fully saturated rings. The van der Waals surface area contributed by atoms with Gasteiger partial charge in [-0.15, -0.1) is 0 Å². The molecule has 5 N–H and O–H groups in total. The Bertz CT molecular complexity index is 2590. The predicted molar refractivity (Wildman–Crippen MR) is 241 cm³/mol. The number of nitrogens with one attached hydrogen (secondary N) is 3. The fraction of sp³-hybridized carbons (Fsp3) is 0.420. The molecule has 0 bridgehead atoms. The molecule has 1 atom stereocenters. The summed E-state index contributed by atoms with van der Waals surface area (Å²) in [5.74, 6) is -0.0705. The first-order valence-electron chi connectivity index (χ1n) is 22.7. The molecule has 5 heterocycles. The highest BCUT2D eigenvalue weighted by molar-refractivity contribution is 7.66. The lowest BCUT2D eigenvalue weighted by Crippen LogP contribution is -2.41. The highest BCUT2D eigenvalue weighted by Crippen LogP contribution is 2.50. The van der Waals surface area contributed by atoms with Gasteiger partial charge in [0.05, 0.1) is 11.1 Å². The number of anilines is 1. The van der Waals surface area contributed by atoms with Gasteiger partial charge in [0.25, 0.3) is 5.91 Å². The Morgan fingerprint density at radius 1 is 0.710 bits per heavy atom. The molecular weight excluding hydrogens is 800 g/mol. The highest BCUT2D eigenvalue weighted by atomic mass is 31.1. The second kappa shape index (κ2) is 18.5. The van der Waals surface area contributed by atoms with Crippen LogP contribution >= 0.6 is 7.92 Å². The molecule has 62 heavy (non-hydrogen) atoms. The molecule has 0 saturated carbocycles. The fourth-order valence-corrected chi connectivity index (χ4v) is 13.4. The largest absolute Gasteiger partial charge is 0.478 e. The summed E-state index contributed by atoms with van der Waals surface area (Å²) in [5.41, 5.74) is 11.3. The van der Waals surface area contributed by atoms with Crippen LogP contribution in [0.5, 0.6) is 11.5 Å². The van der Waals surface area contributed by atoms with E-state index in [4.69, 9.17) is 9.94 Å². The predicted octanol–water partition coefficient (Wildman–Crippen LogP) is 6.62. The maximum atomic E-state index is 14.0. The van der Waals surface area contributed by atoms with Gasteiger partial charge in [0.15, 0.2) is 0 Å². The number of carboxylic acid groups (broad SMARTS) is 1. The number of hydroxylamine groups is 1. The Kier molecular flexibility index (Phi) is 12.5. The van der Waals surface area contributed by atoms with Crippen LogP contribution in [-0.2, 0) is 41.8 Å². The second-order valence-corrected chi connectivity index (χ2v) is 19.9. The minimum absolute atomic E-state index is 0.0934. The Balaban J connectivity index is 1.03. The van der Waals surface area contributed by atoms with E-state index in [1.165, 1.54) is 51.7 Å². The summed E-state index contributed by atoms with van der Waals surface area (Å²) in [6.45, 7) is 2.32. The van der Waals surface area contributed by atoms with Crippen LogP contribution in [0.25, 0.3) is 5.57 Å². The summed E-state index contributed by atoms with van der Waals surface area (Å²) in [5, 5.41) is 29.2. The van der Waals surface area contributed by atoms with Crippen LogP contribution in [0.2, 0.25) is 0 Å². The Labute approximate surface area is 363 Å². The number of carboxylic acids is 1. The summed E-state index contributed by atoms with van der Waals surface area (Å²) in [7, 11) is -0.260. The molecular formula is C50H56N4O7P+. The number of amides is 3. The molecule has 0 radical (unpaired) electrons. The molecule has 4 aromatic rings. The van der Waals surface area contributed by atoms with E-state index in [9.17, 15) is 24.3 Å². The molecule has 0 saturated heterocycles. The van der Waals surface area contributed by atoms with Crippen LogP contribution in [0, 0.1) is 0 Å². The average molecular weight is 856 g/mol. The number of aryl methyl sites for hydroxylation is 2. The van der Waals surface area contributed by atoms with Gasteiger partial charge in [-0.25, -0.2) is 14.9 Å². The Morgan fingerprint density at radius 2 is 1.45 bits per heavy atom. The zero-order chi connectivity index (χ0) is 42.7. The molecule has 0 aromatic heterocycles. The third kappa shape index (κ3) is 8.54. The van der Waals surface area contributed by atoms with Gasteiger partial charge in [-0.3, -0.25) is 19.6 Å². The van der Waals surface area contributed by atoms with E-state index in [2.05, 4.69) is 27.3 Å². The molecule has 0 aliphatic carbocycles. The molecule has 5 aliphatic heterocycles.